The number of rotatable bonds is 6. The van der Waals surface area contributed by atoms with Gasteiger partial charge in [-0.1, -0.05) is 36.4 Å². The third-order valence-corrected chi connectivity index (χ3v) is 6.07. The quantitative estimate of drug-likeness (QED) is 0.583. The lowest BCUT2D eigenvalue weighted by Gasteiger charge is -2.21. The molecule has 1 aliphatic heterocycles. The Morgan fingerprint density at radius 2 is 1.94 bits per heavy atom. The molecular weight excluding hydrogens is 392 g/mol. The van der Waals surface area contributed by atoms with E-state index in [1.807, 2.05) is 42.5 Å². The smallest absolute Gasteiger partial charge is 0.258 e. The average Bonchev–Trinajstić information content (AvgIpc) is 3.35. The van der Waals surface area contributed by atoms with Crippen molar-refractivity contribution in [3.63, 3.8) is 0 Å². The Balaban J connectivity index is 1.43. The molecule has 2 aliphatic rings. The maximum Gasteiger partial charge on any atom is 0.258 e. The predicted octanol–water partition coefficient (Wildman–Crippen LogP) is 4.40. The van der Waals surface area contributed by atoms with E-state index in [9.17, 15) is 4.79 Å². The molecule has 5 rings (SSSR count). The van der Waals surface area contributed by atoms with Crippen LogP contribution in [0.2, 0.25) is 0 Å². The second-order valence-corrected chi connectivity index (χ2v) is 7.90. The first kappa shape index (κ1) is 19.6. The number of hydroxylamine groups is 1. The molecule has 1 unspecified atom stereocenters. The van der Waals surface area contributed by atoms with Crippen molar-refractivity contribution >= 4 is 11.6 Å². The molecule has 0 saturated carbocycles. The zero-order chi connectivity index (χ0) is 21.4. The van der Waals surface area contributed by atoms with Gasteiger partial charge in [-0.15, -0.1) is 0 Å². The van der Waals surface area contributed by atoms with Crippen molar-refractivity contribution in [2.75, 3.05) is 12.0 Å². The van der Waals surface area contributed by atoms with Crippen molar-refractivity contribution in [3.05, 3.63) is 88.5 Å². The van der Waals surface area contributed by atoms with Crippen LogP contribution in [0.4, 0.5) is 5.69 Å². The zero-order valence-electron chi connectivity index (χ0n) is 17.3. The highest BCUT2D eigenvalue weighted by Crippen LogP contribution is 2.41. The van der Waals surface area contributed by atoms with Gasteiger partial charge in [-0.2, -0.15) is 0 Å². The van der Waals surface area contributed by atoms with Gasteiger partial charge in [-0.05, 0) is 53.3 Å². The second-order valence-electron chi connectivity index (χ2n) is 7.90. The summed E-state index contributed by atoms with van der Waals surface area (Å²) >= 11 is 0. The number of hydrogen-bond acceptors (Lipinski definition) is 5. The van der Waals surface area contributed by atoms with Gasteiger partial charge in [0.2, 0.25) is 0 Å². The van der Waals surface area contributed by atoms with Crippen molar-refractivity contribution < 1.29 is 19.5 Å². The summed E-state index contributed by atoms with van der Waals surface area (Å²) in [7, 11) is 1.62. The summed E-state index contributed by atoms with van der Waals surface area (Å²) in [5.74, 6) is 1.22. The molecule has 1 heterocycles. The van der Waals surface area contributed by atoms with Gasteiger partial charge in [-0.25, -0.2) is 5.48 Å². The van der Waals surface area contributed by atoms with Crippen LogP contribution in [0.25, 0.3) is 0 Å². The van der Waals surface area contributed by atoms with Crippen LogP contribution in [0.3, 0.4) is 0 Å². The number of hydrogen-bond donors (Lipinski definition) is 2. The number of aryl methyl sites for hydroxylation is 1. The molecule has 0 radical (unpaired) electrons. The highest BCUT2D eigenvalue weighted by Gasteiger charge is 2.30. The van der Waals surface area contributed by atoms with Crippen LogP contribution in [0.1, 0.15) is 45.1 Å². The third-order valence-electron chi connectivity index (χ3n) is 6.07. The number of ether oxygens (including phenoxy) is 2. The maximum absolute atomic E-state index is 13.1. The average molecular weight is 416 g/mol. The first-order valence-corrected chi connectivity index (χ1v) is 10.4. The van der Waals surface area contributed by atoms with Gasteiger partial charge in [0.25, 0.3) is 5.91 Å². The number of carbonyl (C=O) groups excluding carboxylic acids is 1. The molecule has 0 spiro atoms. The van der Waals surface area contributed by atoms with Crippen LogP contribution >= 0.6 is 0 Å². The van der Waals surface area contributed by atoms with Crippen molar-refractivity contribution in [1.82, 2.24) is 5.48 Å². The fourth-order valence-corrected chi connectivity index (χ4v) is 4.48. The first-order valence-electron chi connectivity index (χ1n) is 10.4. The number of fused-ring (bicyclic) bond motifs is 2. The number of anilines is 1. The molecule has 0 bridgehead atoms. The molecular formula is C25H24N2O4. The lowest BCUT2D eigenvalue weighted by Crippen LogP contribution is -2.23. The Morgan fingerprint density at radius 3 is 2.77 bits per heavy atom. The van der Waals surface area contributed by atoms with E-state index in [1.165, 1.54) is 11.1 Å². The fourth-order valence-electron chi connectivity index (χ4n) is 4.48. The fraction of sp³-hybridized carbons (Fsp3) is 0.240. The molecule has 6 nitrogen and oxygen atoms in total. The van der Waals surface area contributed by atoms with Gasteiger partial charge in [0.1, 0.15) is 6.10 Å². The van der Waals surface area contributed by atoms with E-state index in [0.717, 1.165) is 29.7 Å². The van der Waals surface area contributed by atoms with Crippen LogP contribution in [-0.4, -0.2) is 18.2 Å². The Kier molecular flexibility index (Phi) is 5.10. The van der Waals surface area contributed by atoms with E-state index in [0.29, 0.717) is 30.2 Å². The van der Waals surface area contributed by atoms with E-state index in [1.54, 1.807) is 12.0 Å². The Hall–Kier alpha value is -3.35. The van der Waals surface area contributed by atoms with Crippen molar-refractivity contribution in [2.45, 2.75) is 32.0 Å². The lowest BCUT2D eigenvalue weighted by atomic mass is 10.1. The summed E-state index contributed by atoms with van der Waals surface area (Å²) in [6.07, 6.45) is 1.89. The van der Waals surface area contributed by atoms with Gasteiger partial charge in [0.05, 0.1) is 13.7 Å². The molecule has 158 valence electrons. The van der Waals surface area contributed by atoms with E-state index in [-0.39, 0.29) is 12.0 Å². The Labute approximate surface area is 181 Å². The molecule has 0 fully saturated rings. The van der Waals surface area contributed by atoms with Crippen LogP contribution in [0, 0.1) is 0 Å². The monoisotopic (exact) mass is 416 g/mol. The Bertz CT molecular complexity index is 1140. The summed E-state index contributed by atoms with van der Waals surface area (Å²) in [5, 5.41) is 8.95. The minimum Gasteiger partial charge on any atom is -0.493 e. The number of amides is 1. The maximum atomic E-state index is 13.1. The van der Waals surface area contributed by atoms with Crippen molar-refractivity contribution in [1.29, 1.82) is 0 Å². The molecule has 3 aromatic rings. The normalized spacial score (nSPS) is 16.9. The van der Waals surface area contributed by atoms with Crippen LogP contribution < -0.4 is 19.9 Å². The largest absolute Gasteiger partial charge is 0.493 e. The van der Waals surface area contributed by atoms with Gasteiger partial charge < -0.3 is 19.6 Å². The molecule has 1 atom stereocenters. The number of nitrogens with zero attached hydrogens (tertiary/aromatic N) is 1. The van der Waals surface area contributed by atoms with E-state index in [2.05, 4.69) is 23.7 Å². The van der Waals surface area contributed by atoms with Gasteiger partial charge in [0.15, 0.2) is 11.5 Å². The third kappa shape index (κ3) is 3.54. The number of nitrogens with one attached hydrogen (secondary N) is 1. The molecule has 0 saturated heterocycles. The minimum atomic E-state index is -0.0582. The second kappa shape index (κ2) is 8.06. The topological polar surface area (TPSA) is 71.0 Å². The summed E-state index contributed by atoms with van der Waals surface area (Å²) in [5.41, 5.74) is 7.93. The number of methoxy groups -OCH3 is 1. The highest BCUT2D eigenvalue weighted by atomic mass is 16.5. The summed E-state index contributed by atoms with van der Waals surface area (Å²) in [6, 6.07) is 19.7. The van der Waals surface area contributed by atoms with Gasteiger partial charge in [-0.3, -0.25) is 4.79 Å². The molecule has 31 heavy (non-hydrogen) atoms. The number of benzene rings is 3. The highest BCUT2D eigenvalue weighted by molar-refractivity contribution is 6.10. The van der Waals surface area contributed by atoms with E-state index < -0.39 is 0 Å². The molecule has 2 N–H and O–H groups in total. The van der Waals surface area contributed by atoms with Crippen LogP contribution in [0.5, 0.6) is 11.5 Å². The zero-order valence-corrected chi connectivity index (χ0v) is 17.3. The predicted molar refractivity (Wildman–Crippen MR) is 117 cm³/mol. The number of carbonyl (C=O) groups is 1. The SMILES string of the molecule is COc1ccc(N2Cc3ccc(CNO)cc3C2=O)cc1OC1CCc2ccccc21. The Morgan fingerprint density at radius 1 is 1.06 bits per heavy atom. The molecule has 3 aromatic carbocycles. The molecule has 0 aromatic heterocycles. The standard InChI is InChI=1S/C25H24N2O4/c1-30-23-11-9-19(13-24(23)31-22-10-8-17-4-2-3-5-20(17)22)27-15-18-7-6-16(14-26-29)12-21(18)25(27)28/h2-7,9,11-13,22,26,29H,8,10,14-15H2,1H3. The van der Waals surface area contributed by atoms with E-state index >= 15 is 0 Å². The van der Waals surface area contributed by atoms with Gasteiger partial charge >= 0.3 is 0 Å². The first-order chi connectivity index (χ1) is 15.2. The van der Waals surface area contributed by atoms with Crippen molar-refractivity contribution in [3.8, 4) is 11.5 Å². The minimum absolute atomic E-state index is 0.0274. The van der Waals surface area contributed by atoms with Crippen molar-refractivity contribution in [2.24, 2.45) is 0 Å². The molecule has 1 aliphatic carbocycles. The molecule has 6 heteroatoms. The lowest BCUT2D eigenvalue weighted by molar-refractivity contribution is 0.0996. The summed E-state index contributed by atoms with van der Waals surface area (Å²) in [4.78, 5) is 14.8. The van der Waals surface area contributed by atoms with Gasteiger partial charge in [0, 0.05) is 23.9 Å². The van der Waals surface area contributed by atoms with E-state index in [4.69, 9.17) is 14.7 Å². The van der Waals surface area contributed by atoms with Crippen LogP contribution in [-0.2, 0) is 19.5 Å². The summed E-state index contributed by atoms with van der Waals surface area (Å²) < 4.78 is 11.9. The summed E-state index contributed by atoms with van der Waals surface area (Å²) in [6.45, 7) is 0.795. The van der Waals surface area contributed by atoms with Crippen LogP contribution in [0.15, 0.2) is 60.7 Å². The molecule has 1 amide bonds.